The number of rotatable bonds is 4. The second-order valence-corrected chi connectivity index (χ2v) is 10.8. The molecule has 5 aromatic carbocycles. The van der Waals surface area contributed by atoms with Crippen LogP contribution in [0, 0.1) is 0 Å². The van der Waals surface area contributed by atoms with Crippen molar-refractivity contribution in [3.05, 3.63) is 145 Å². The van der Waals surface area contributed by atoms with Gasteiger partial charge in [-0.3, -0.25) is 0 Å². The lowest BCUT2D eigenvalue weighted by molar-refractivity contribution is -0.138. The van der Waals surface area contributed by atoms with Crippen molar-refractivity contribution in [2.45, 2.75) is 12.4 Å². The van der Waals surface area contributed by atoms with E-state index in [1.54, 1.807) is 0 Å². The lowest BCUT2D eigenvalue weighted by Gasteiger charge is -2.16. The number of halogens is 6. The van der Waals surface area contributed by atoms with Crippen molar-refractivity contribution in [1.29, 1.82) is 0 Å². The molecule has 0 fully saturated rings. The summed E-state index contributed by atoms with van der Waals surface area (Å²) in [6.07, 6.45) is -8.93. The summed E-state index contributed by atoms with van der Waals surface area (Å²) < 4.78 is 79.9. The largest absolute Gasteiger partial charge is 0.416 e. The molecule has 7 rings (SSSR count). The van der Waals surface area contributed by atoms with Crippen LogP contribution in [0.3, 0.4) is 0 Å². The smallest absolute Gasteiger partial charge is 0.248 e. The Morgan fingerprint density at radius 3 is 1.37 bits per heavy atom. The lowest BCUT2D eigenvalue weighted by Crippen LogP contribution is -2.04. The number of benzene rings is 5. The Morgan fingerprint density at radius 1 is 0.413 bits per heavy atom. The highest BCUT2D eigenvalue weighted by Gasteiger charge is 2.31. The summed E-state index contributed by atoms with van der Waals surface area (Å²) in [5.41, 5.74) is 5.02. The molecule has 0 unspecified atom stereocenters. The molecule has 0 atom stereocenters. The third-order valence-electron chi connectivity index (χ3n) is 7.94. The van der Waals surface area contributed by atoms with E-state index >= 15 is 0 Å². The SMILES string of the molecule is FC(F)(F)c1ccc(-c2cc(-c3ccccc3)c3c(ccc4c(-c5ccccc5)cc(-c5ccc(C(F)(F)F)cc5)nc43)n2)cc1. The summed E-state index contributed by atoms with van der Waals surface area (Å²) in [7, 11) is 0. The zero-order valence-corrected chi connectivity index (χ0v) is 23.9. The molecule has 7 aromatic rings. The maximum atomic E-state index is 13.4. The monoisotopic (exact) mass is 620 g/mol. The summed E-state index contributed by atoms with van der Waals surface area (Å²) >= 11 is 0. The molecular weight excluding hydrogens is 598 g/mol. The van der Waals surface area contributed by atoms with Gasteiger partial charge < -0.3 is 0 Å². The Hall–Kier alpha value is -5.50. The summed E-state index contributed by atoms with van der Waals surface area (Å²) in [4.78, 5) is 9.90. The molecule has 0 saturated carbocycles. The van der Waals surface area contributed by atoms with Gasteiger partial charge in [0, 0.05) is 21.9 Å². The molecule has 2 nitrogen and oxygen atoms in total. The number of pyridine rings is 2. The highest BCUT2D eigenvalue weighted by molar-refractivity contribution is 6.15. The molecule has 0 radical (unpaired) electrons. The summed E-state index contributed by atoms with van der Waals surface area (Å²) in [5.74, 6) is 0. The van der Waals surface area contributed by atoms with E-state index in [2.05, 4.69) is 0 Å². The number of alkyl halides is 6. The van der Waals surface area contributed by atoms with Crippen LogP contribution >= 0.6 is 0 Å². The number of hydrogen-bond donors (Lipinski definition) is 0. The first-order chi connectivity index (χ1) is 22.1. The minimum atomic E-state index is -4.47. The van der Waals surface area contributed by atoms with E-state index < -0.39 is 23.5 Å². The first-order valence-electron chi connectivity index (χ1n) is 14.3. The van der Waals surface area contributed by atoms with Crippen LogP contribution in [0.15, 0.2) is 133 Å². The van der Waals surface area contributed by atoms with Gasteiger partial charge in [0.25, 0.3) is 0 Å². The number of nitrogens with zero attached hydrogens (tertiary/aromatic N) is 2. The Kier molecular flexibility index (Phi) is 7.08. The van der Waals surface area contributed by atoms with E-state index in [0.717, 1.165) is 51.9 Å². The van der Waals surface area contributed by atoms with Crippen LogP contribution in [0.4, 0.5) is 26.3 Å². The van der Waals surface area contributed by atoms with Crippen LogP contribution in [-0.2, 0) is 12.4 Å². The fraction of sp³-hybridized carbons (Fsp3) is 0.0526. The van der Waals surface area contributed by atoms with Crippen molar-refractivity contribution >= 4 is 21.8 Å². The van der Waals surface area contributed by atoms with Crippen LogP contribution in [0.1, 0.15) is 11.1 Å². The first-order valence-corrected chi connectivity index (χ1v) is 14.3. The molecule has 0 aliphatic rings. The van der Waals surface area contributed by atoms with Gasteiger partial charge in [-0.1, -0.05) is 84.9 Å². The van der Waals surface area contributed by atoms with E-state index in [9.17, 15) is 26.3 Å². The zero-order valence-electron chi connectivity index (χ0n) is 23.9. The quantitative estimate of drug-likeness (QED) is 0.145. The molecule has 46 heavy (non-hydrogen) atoms. The van der Waals surface area contributed by atoms with Gasteiger partial charge in [-0.15, -0.1) is 0 Å². The van der Waals surface area contributed by atoms with Crippen molar-refractivity contribution < 1.29 is 26.3 Å². The van der Waals surface area contributed by atoms with E-state index in [0.29, 0.717) is 38.9 Å². The molecule has 2 aromatic heterocycles. The first kappa shape index (κ1) is 29.2. The molecule has 0 bridgehead atoms. The van der Waals surface area contributed by atoms with Crippen LogP contribution in [0.5, 0.6) is 0 Å². The predicted molar refractivity (Wildman–Crippen MR) is 169 cm³/mol. The molecule has 226 valence electrons. The van der Waals surface area contributed by atoms with Crippen molar-refractivity contribution in [2.24, 2.45) is 0 Å². The van der Waals surface area contributed by atoms with Crippen molar-refractivity contribution in [3.63, 3.8) is 0 Å². The van der Waals surface area contributed by atoms with Crippen molar-refractivity contribution in [3.8, 4) is 44.8 Å². The Balaban J connectivity index is 1.52. The zero-order chi connectivity index (χ0) is 32.1. The van der Waals surface area contributed by atoms with E-state index in [1.807, 2.05) is 84.9 Å². The minimum Gasteiger partial charge on any atom is -0.248 e. The normalized spacial score (nSPS) is 12.1. The van der Waals surface area contributed by atoms with E-state index in [4.69, 9.17) is 9.97 Å². The molecule has 0 saturated heterocycles. The Bertz CT molecular complexity index is 2190. The average molecular weight is 621 g/mol. The van der Waals surface area contributed by atoms with Gasteiger partial charge in [-0.05, 0) is 70.8 Å². The van der Waals surface area contributed by atoms with Crippen molar-refractivity contribution in [1.82, 2.24) is 9.97 Å². The number of aromatic nitrogens is 2. The third-order valence-corrected chi connectivity index (χ3v) is 7.94. The fourth-order valence-corrected chi connectivity index (χ4v) is 5.67. The minimum absolute atomic E-state index is 0.485. The Labute approximate surface area is 259 Å². The van der Waals surface area contributed by atoms with Crippen LogP contribution in [0.2, 0.25) is 0 Å². The maximum absolute atomic E-state index is 13.4. The van der Waals surface area contributed by atoms with Gasteiger partial charge in [0.15, 0.2) is 0 Å². The molecule has 0 aliphatic heterocycles. The standard InChI is InChI=1S/C38H22F6N2/c39-37(40,41)27-15-11-25(12-16-27)33-22-31(24-9-5-2-6-10-24)35-32(45-33)20-19-29-30(23-7-3-1-4-8-23)21-34(46-36(29)35)26-13-17-28(18-14-26)38(42,43)44/h1-22H. The number of hydrogen-bond acceptors (Lipinski definition) is 2. The van der Waals surface area contributed by atoms with E-state index in [-0.39, 0.29) is 0 Å². The molecule has 0 amide bonds. The van der Waals surface area contributed by atoms with Gasteiger partial charge in [-0.2, -0.15) is 26.3 Å². The highest BCUT2D eigenvalue weighted by Crippen LogP contribution is 2.41. The molecule has 8 heteroatoms. The second kappa shape index (κ2) is 11.1. The van der Waals surface area contributed by atoms with E-state index in [1.165, 1.54) is 24.3 Å². The topological polar surface area (TPSA) is 25.8 Å². The molecule has 0 spiro atoms. The van der Waals surface area contributed by atoms with Gasteiger partial charge in [-0.25, -0.2) is 9.97 Å². The molecule has 0 N–H and O–H groups in total. The van der Waals surface area contributed by atoms with Gasteiger partial charge >= 0.3 is 12.4 Å². The molecule has 0 aliphatic carbocycles. The average Bonchev–Trinajstić information content (AvgIpc) is 3.07. The fourth-order valence-electron chi connectivity index (χ4n) is 5.67. The van der Waals surface area contributed by atoms with Crippen LogP contribution in [-0.4, -0.2) is 9.97 Å². The second-order valence-electron chi connectivity index (χ2n) is 10.8. The molecular formula is C38H22F6N2. The number of fused-ring (bicyclic) bond motifs is 3. The van der Waals surface area contributed by atoms with Crippen LogP contribution in [0.25, 0.3) is 66.6 Å². The molecule has 2 heterocycles. The summed E-state index contributed by atoms with van der Waals surface area (Å²) in [6, 6.07) is 36.4. The highest BCUT2D eigenvalue weighted by atomic mass is 19.4. The maximum Gasteiger partial charge on any atom is 0.416 e. The van der Waals surface area contributed by atoms with Crippen LogP contribution < -0.4 is 0 Å². The van der Waals surface area contributed by atoms with Gasteiger partial charge in [0.05, 0.1) is 33.5 Å². The Morgan fingerprint density at radius 2 is 0.870 bits per heavy atom. The van der Waals surface area contributed by atoms with Crippen molar-refractivity contribution in [2.75, 3.05) is 0 Å². The van der Waals surface area contributed by atoms with Gasteiger partial charge in [0.2, 0.25) is 0 Å². The summed E-state index contributed by atoms with van der Waals surface area (Å²) in [5, 5.41) is 1.53. The third kappa shape index (κ3) is 5.47. The summed E-state index contributed by atoms with van der Waals surface area (Å²) in [6.45, 7) is 0. The predicted octanol–water partition coefficient (Wildman–Crippen LogP) is 11.5. The lowest BCUT2D eigenvalue weighted by atomic mass is 9.92. The van der Waals surface area contributed by atoms with Gasteiger partial charge in [0.1, 0.15) is 0 Å².